The Balaban J connectivity index is 2.17. The number of rotatable bonds is 3. The number of urea groups is 1. The van der Waals surface area contributed by atoms with Gasteiger partial charge in [-0.1, -0.05) is 15.9 Å². The third-order valence-electron chi connectivity index (χ3n) is 3.11. The van der Waals surface area contributed by atoms with Gasteiger partial charge in [-0.2, -0.15) is 0 Å². The molecule has 2 amide bonds. The maximum atomic E-state index is 12.1. The van der Waals surface area contributed by atoms with Crippen LogP contribution in [0.15, 0.2) is 28.7 Å². The number of nitrogens with zero attached hydrogens (tertiary/aromatic N) is 2. The van der Waals surface area contributed by atoms with E-state index in [9.17, 15) is 4.79 Å². The molecule has 92 valence electrons. The summed E-state index contributed by atoms with van der Waals surface area (Å²) in [4.78, 5) is 15.6. The zero-order chi connectivity index (χ0) is 12.4. The highest BCUT2D eigenvalue weighted by atomic mass is 79.9. The zero-order valence-electron chi connectivity index (χ0n) is 9.77. The minimum absolute atomic E-state index is 0.0470. The van der Waals surface area contributed by atoms with Crippen molar-refractivity contribution in [1.29, 1.82) is 0 Å². The average molecular weight is 298 g/mol. The van der Waals surface area contributed by atoms with Crippen LogP contribution in [0, 0.1) is 0 Å². The number of carbonyl (C=O) groups is 1. The first kappa shape index (κ1) is 12.4. The van der Waals surface area contributed by atoms with E-state index in [0.29, 0.717) is 13.1 Å². The van der Waals surface area contributed by atoms with E-state index < -0.39 is 0 Å². The molecule has 4 nitrogen and oxygen atoms in total. The first-order valence-electron chi connectivity index (χ1n) is 5.63. The molecule has 2 rings (SSSR count). The van der Waals surface area contributed by atoms with Crippen LogP contribution in [0.3, 0.4) is 0 Å². The van der Waals surface area contributed by atoms with Crippen LogP contribution in [0.4, 0.5) is 10.5 Å². The average Bonchev–Trinajstić information content (AvgIpc) is 2.59. The fraction of sp³-hybridized carbons (Fsp3) is 0.417. The molecular formula is C12H16BrN3O. The number of carbonyl (C=O) groups excluding carboxylic acids is 1. The lowest BCUT2D eigenvalue weighted by Gasteiger charge is -2.16. The second-order valence-corrected chi connectivity index (χ2v) is 5.13. The molecule has 0 bridgehead atoms. The molecule has 1 aromatic rings. The molecule has 1 heterocycles. The minimum Gasteiger partial charge on any atom is -0.330 e. The fourth-order valence-electron chi connectivity index (χ4n) is 2.07. The van der Waals surface area contributed by atoms with E-state index in [1.807, 2.05) is 31.3 Å². The van der Waals surface area contributed by atoms with Crippen LogP contribution < -0.4 is 10.6 Å². The predicted octanol–water partition coefficient (Wildman–Crippen LogP) is 2.04. The van der Waals surface area contributed by atoms with Crippen LogP contribution in [0.25, 0.3) is 0 Å². The zero-order valence-corrected chi connectivity index (χ0v) is 11.4. The Bertz CT molecular complexity index is 407. The summed E-state index contributed by atoms with van der Waals surface area (Å²) in [6.07, 6.45) is 0.843. The van der Waals surface area contributed by atoms with E-state index in [1.54, 1.807) is 9.80 Å². The number of likely N-dealkylation sites (N-methyl/N-ethyl adjacent to an activating group) is 1. The van der Waals surface area contributed by atoms with Crippen molar-refractivity contribution in [3.8, 4) is 0 Å². The van der Waals surface area contributed by atoms with Gasteiger partial charge in [-0.15, -0.1) is 0 Å². The third kappa shape index (κ3) is 2.45. The van der Waals surface area contributed by atoms with Crippen LogP contribution in [0.5, 0.6) is 0 Å². The molecule has 0 saturated carbocycles. The highest BCUT2D eigenvalue weighted by Crippen LogP contribution is 2.25. The lowest BCUT2D eigenvalue weighted by Crippen LogP contribution is -2.32. The van der Waals surface area contributed by atoms with Gasteiger partial charge < -0.3 is 10.6 Å². The fourth-order valence-corrected chi connectivity index (χ4v) is 2.34. The maximum absolute atomic E-state index is 12.1. The summed E-state index contributed by atoms with van der Waals surface area (Å²) in [5.74, 6) is 0. The van der Waals surface area contributed by atoms with Gasteiger partial charge in [-0.25, -0.2) is 4.79 Å². The maximum Gasteiger partial charge on any atom is 0.324 e. The number of hydrogen-bond donors (Lipinski definition) is 1. The van der Waals surface area contributed by atoms with Crippen molar-refractivity contribution in [2.45, 2.75) is 12.5 Å². The molecule has 1 aliphatic heterocycles. The van der Waals surface area contributed by atoms with Crippen LogP contribution in [-0.2, 0) is 0 Å². The van der Waals surface area contributed by atoms with E-state index in [4.69, 9.17) is 5.73 Å². The lowest BCUT2D eigenvalue weighted by molar-refractivity contribution is 0.217. The Morgan fingerprint density at radius 2 is 2.06 bits per heavy atom. The summed E-state index contributed by atoms with van der Waals surface area (Å²) in [7, 11) is 1.83. The van der Waals surface area contributed by atoms with Crippen LogP contribution in [0.2, 0.25) is 0 Å². The molecular weight excluding hydrogens is 282 g/mol. The standard InChI is InChI=1S/C12H16BrN3O/c1-15-11(6-7-14)8-16(12(15)17)10-4-2-9(13)3-5-10/h2-5,11H,6-8,14H2,1H3. The van der Waals surface area contributed by atoms with Crippen molar-refractivity contribution in [2.24, 2.45) is 5.73 Å². The minimum atomic E-state index is 0.0470. The normalized spacial score (nSPS) is 20.2. The molecule has 1 atom stereocenters. The molecule has 0 aliphatic carbocycles. The SMILES string of the molecule is CN1C(=O)N(c2ccc(Br)cc2)CC1CCN. The number of nitrogens with two attached hydrogens (primary N) is 1. The van der Waals surface area contributed by atoms with Gasteiger partial charge in [0.1, 0.15) is 0 Å². The summed E-state index contributed by atoms with van der Waals surface area (Å²) in [6.45, 7) is 1.32. The third-order valence-corrected chi connectivity index (χ3v) is 3.64. The number of benzene rings is 1. The molecule has 1 saturated heterocycles. The Kier molecular flexibility index (Phi) is 3.69. The van der Waals surface area contributed by atoms with Gasteiger partial charge in [-0.05, 0) is 37.2 Å². The molecule has 0 aromatic heterocycles. The monoisotopic (exact) mass is 297 g/mol. The quantitative estimate of drug-likeness (QED) is 0.928. The second-order valence-electron chi connectivity index (χ2n) is 4.21. The summed E-state index contributed by atoms with van der Waals surface area (Å²) in [5.41, 5.74) is 6.49. The number of anilines is 1. The lowest BCUT2D eigenvalue weighted by atomic mass is 10.2. The molecule has 0 spiro atoms. The summed E-state index contributed by atoms with van der Waals surface area (Å²) in [5, 5.41) is 0. The van der Waals surface area contributed by atoms with Gasteiger partial charge in [0, 0.05) is 23.8 Å². The van der Waals surface area contributed by atoms with E-state index >= 15 is 0 Å². The molecule has 1 aromatic carbocycles. The molecule has 1 aliphatic rings. The topological polar surface area (TPSA) is 49.6 Å². The number of halogens is 1. The Morgan fingerprint density at radius 3 is 2.65 bits per heavy atom. The van der Waals surface area contributed by atoms with Crippen molar-refractivity contribution < 1.29 is 4.79 Å². The van der Waals surface area contributed by atoms with Gasteiger partial charge in [0.15, 0.2) is 0 Å². The van der Waals surface area contributed by atoms with E-state index in [1.165, 1.54) is 0 Å². The molecule has 0 radical (unpaired) electrons. The van der Waals surface area contributed by atoms with Crippen molar-refractivity contribution in [3.05, 3.63) is 28.7 Å². The molecule has 17 heavy (non-hydrogen) atoms. The van der Waals surface area contributed by atoms with Crippen LogP contribution in [-0.4, -0.2) is 37.1 Å². The Hall–Kier alpha value is -1.07. The second kappa shape index (κ2) is 5.06. The van der Waals surface area contributed by atoms with Gasteiger partial charge >= 0.3 is 6.03 Å². The highest BCUT2D eigenvalue weighted by Gasteiger charge is 2.34. The van der Waals surface area contributed by atoms with E-state index in [-0.39, 0.29) is 12.1 Å². The van der Waals surface area contributed by atoms with Crippen LogP contribution in [0.1, 0.15) is 6.42 Å². The van der Waals surface area contributed by atoms with Crippen molar-refractivity contribution in [2.75, 3.05) is 25.0 Å². The first-order chi connectivity index (χ1) is 8.13. The first-order valence-corrected chi connectivity index (χ1v) is 6.42. The predicted molar refractivity (Wildman–Crippen MR) is 72.1 cm³/mol. The Labute approximate surface area is 110 Å². The van der Waals surface area contributed by atoms with Gasteiger partial charge in [0.05, 0.1) is 6.04 Å². The molecule has 1 unspecified atom stereocenters. The van der Waals surface area contributed by atoms with Crippen molar-refractivity contribution in [1.82, 2.24) is 4.90 Å². The summed E-state index contributed by atoms with van der Waals surface area (Å²) < 4.78 is 1.01. The highest BCUT2D eigenvalue weighted by molar-refractivity contribution is 9.10. The van der Waals surface area contributed by atoms with Crippen molar-refractivity contribution in [3.63, 3.8) is 0 Å². The Morgan fingerprint density at radius 1 is 1.41 bits per heavy atom. The molecule has 1 fully saturated rings. The summed E-state index contributed by atoms with van der Waals surface area (Å²) in [6, 6.07) is 8.04. The van der Waals surface area contributed by atoms with Gasteiger partial charge in [-0.3, -0.25) is 4.90 Å². The smallest absolute Gasteiger partial charge is 0.324 e. The van der Waals surface area contributed by atoms with Gasteiger partial charge in [0.25, 0.3) is 0 Å². The van der Waals surface area contributed by atoms with Crippen molar-refractivity contribution >= 4 is 27.6 Å². The van der Waals surface area contributed by atoms with E-state index in [2.05, 4.69) is 15.9 Å². The van der Waals surface area contributed by atoms with E-state index in [0.717, 1.165) is 16.6 Å². The number of hydrogen-bond acceptors (Lipinski definition) is 2. The van der Waals surface area contributed by atoms with Crippen LogP contribution >= 0.6 is 15.9 Å². The molecule has 2 N–H and O–H groups in total. The van der Waals surface area contributed by atoms with Gasteiger partial charge in [0.2, 0.25) is 0 Å². The summed E-state index contributed by atoms with van der Waals surface area (Å²) >= 11 is 3.39. The largest absolute Gasteiger partial charge is 0.330 e. The number of amides is 2. The molecule has 5 heteroatoms.